The van der Waals surface area contributed by atoms with Crippen molar-refractivity contribution in [2.75, 3.05) is 13.7 Å². The van der Waals surface area contributed by atoms with Crippen LogP contribution in [0.5, 0.6) is 0 Å². The molecule has 0 fully saturated rings. The van der Waals surface area contributed by atoms with Crippen molar-refractivity contribution in [1.82, 2.24) is 4.72 Å². The molecular formula is C12H17NO4S. The molecular weight excluding hydrogens is 254 g/mol. The average Bonchev–Trinajstić information content (AvgIpc) is 2.36. The van der Waals surface area contributed by atoms with Gasteiger partial charge in [0.2, 0.25) is 10.0 Å². The monoisotopic (exact) mass is 271 g/mol. The van der Waals surface area contributed by atoms with Crippen LogP contribution in [0.1, 0.15) is 24.2 Å². The van der Waals surface area contributed by atoms with Crippen LogP contribution in [0.4, 0.5) is 0 Å². The summed E-state index contributed by atoms with van der Waals surface area (Å²) in [6.07, 6.45) is 0. The Kier molecular flexibility index (Phi) is 4.86. The van der Waals surface area contributed by atoms with E-state index in [1.807, 2.05) is 13.8 Å². The first-order chi connectivity index (χ1) is 8.36. The molecule has 0 atom stereocenters. The molecule has 18 heavy (non-hydrogen) atoms. The summed E-state index contributed by atoms with van der Waals surface area (Å²) in [7, 11) is -2.23. The zero-order valence-electron chi connectivity index (χ0n) is 10.6. The Labute approximate surface area is 107 Å². The Morgan fingerprint density at radius 3 is 2.28 bits per heavy atom. The smallest absolute Gasteiger partial charge is 0.337 e. The predicted octanol–water partition coefficient (Wildman–Crippen LogP) is 1.41. The van der Waals surface area contributed by atoms with Crippen LogP contribution in [0, 0.1) is 5.92 Å². The molecule has 6 heteroatoms. The Balaban J connectivity index is 2.87. The molecule has 0 unspecified atom stereocenters. The second kappa shape index (κ2) is 5.97. The van der Waals surface area contributed by atoms with Gasteiger partial charge < -0.3 is 4.74 Å². The number of sulfonamides is 1. The van der Waals surface area contributed by atoms with Gasteiger partial charge in [0.1, 0.15) is 0 Å². The SMILES string of the molecule is COC(=O)c1ccc(S(=O)(=O)NCC(C)C)cc1. The normalized spacial score (nSPS) is 11.6. The molecule has 0 amide bonds. The number of nitrogens with one attached hydrogen (secondary N) is 1. The molecule has 1 rings (SSSR count). The first kappa shape index (κ1) is 14.7. The van der Waals surface area contributed by atoms with Gasteiger partial charge in [0, 0.05) is 6.54 Å². The molecule has 0 saturated heterocycles. The maximum absolute atomic E-state index is 11.9. The third-order valence-electron chi connectivity index (χ3n) is 2.27. The molecule has 100 valence electrons. The van der Waals surface area contributed by atoms with Crippen LogP contribution in [0.15, 0.2) is 29.2 Å². The fourth-order valence-electron chi connectivity index (χ4n) is 1.25. The number of benzene rings is 1. The van der Waals surface area contributed by atoms with E-state index in [9.17, 15) is 13.2 Å². The van der Waals surface area contributed by atoms with Crippen LogP contribution >= 0.6 is 0 Å². The molecule has 1 aromatic carbocycles. The number of esters is 1. The van der Waals surface area contributed by atoms with Crippen molar-refractivity contribution in [3.8, 4) is 0 Å². The molecule has 0 spiro atoms. The molecule has 1 N–H and O–H groups in total. The Morgan fingerprint density at radius 1 is 1.28 bits per heavy atom. The number of hydrogen-bond acceptors (Lipinski definition) is 4. The summed E-state index contributed by atoms with van der Waals surface area (Å²) < 4.78 is 30.8. The first-order valence-electron chi connectivity index (χ1n) is 5.55. The minimum Gasteiger partial charge on any atom is -0.465 e. The zero-order chi connectivity index (χ0) is 13.8. The highest BCUT2D eigenvalue weighted by molar-refractivity contribution is 7.89. The van der Waals surface area contributed by atoms with E-state index in [-0.39, 0.29) is 10.8 Å². The second-order valence-electron chi connectivity index (χ2n) is 4.26. The van der Waals surface area contributed by atoms with Crippen molar-refractivity contribution in [3.05, 3.63) is 29.8 Å². The van der Waals surface area contributed by atoms with Crippen LogP contribution in [-0.2, 0) is 14.8 Å². The fraction of sp³-hybridized carbons (Fsp3) is 0.417. The quantitative estimate of drug-likeness (QED) is 0.822. The highest BCUT2D eigenvalue weighted by Crippen LogP contribution is 2.11. The van der Waals surface area contributed by atoms with Crippen LogP contribution in [-0.4, -0.2) is 28.0 Å². The molecule has 0 radical (unpaired) electrons. The van der Waals surface area contributed by atoms with Gasteiger partial charge in [-0.2, -0.15) is 0 Å². The lowest BCUT2D eigenvalue weighted by Gasteiger charge is -2.09. The van der Waals surface area contributed by atoms with Gasteiger partial charge in [0.15, 0.2) is 0 Å². The Morgan fingerprint density at radius 2 is 1.83 bits per heavy atom. The number of carbonyl (C=O) groups excluding carboxylic acids is 1. The minimum atomic E-state index is -3.51. The molecule has 0 saturated carbocycles. The van der Waals surface area contributed by atoms with E-state index in [1.165, 1.54) is 31.4 Å². The van der Waals surface area contributed by atoms with E-state index < -0.39 is 16.0 Å². The molecule has 0 aliphatic rings. The summed E-state index contributed by atoms with van der Waals surface area (Å²) in [5.41, 5.74) is 0.320. The maximum atomic E-state index is 11.9. The van der Waals surface area contributed by atoms with Gasteiger partial charge in [-0.05, 0) is 30.2 Å². The molecule has 1 aromatic rings. The van der Waals surface area contributed by atoms with Crippen molar-refractivity contribution < 1.29 is 17.9 Å². The topological polar surface area (TPSA) is 72.5 Å². The average molecular weight is 271 g/mol. The predicted molar refractivity (Wildman–Crippen MR) is 67.8 cm³/mol. The number of rotatable bonds is 5. The lowest BCUT2D eigenvalue weighted by Crippen LogP contribution is -2.27. The van der Waals surface area contributed by atoms with E-state index in [4.69, 9.17) is 0 Å². The van der Waals surface area contributed by atoms with Crippen molar-refractivity contribution >= 4 is 16.0 Å². The van der Waals surface area contributed by atoms with Gasteiger partial charge >= 0.3 is 5.97 Å². The van der Waals surface area contributed by atoms with Crippen LogP contribution in [0.25, 0.3) is 0 Å². The molecule has 0 bridgehead atoms. The van der Waals surface area contributed by atoms with E-state index >= 15 is 0 Å². The third-order valence-corrected chi connectivity index (χ3v) is 3.71. The standard InChI is InChI=1S/C12H17NO4S/c1-9(2)8-13-18(15,16)11-6-4-10(5-7-11)12(14)17-3/h4-7,9,13H,8H2,1-3H3. The Bertz CT molecular complexity index is 505. The van der Waals surface area contributed by atoms with E-state index in [0.717, 1.165) is 0 Å². The van der Waals surface area contributed by atoms with Gasteiger partial charge in [0.05, 0.1) is 17.6 Å². The van der Waals surface area contributed by atoms with E-state index in [0.29, 0.717) is 12.1 Å². The van der Waals surface area contributed by atoms with Gasteiger partial charge in [-0.15, -0.1) is 0 Å². The molecule has 0 aromatic heterocycles. The number of hydrogen-bond donors (Lipinski definition) is 1. The summed E-state index contributed by atoms with van der Waals surface area (Å²) in [5.74, 6) is -0.261. The Hall–Kier alpha value is -1.40. The first-order valence-corrected chi connectivity index (χ1v) is 7.03. The van der Waals surface area contributed by atoms with Gasteiger partial charge in [-0.3, -0.25) is 0 Å². The van der Waals surface area contributed by atoms with Crippen molar-refractivity contribution in [1.29, 1.82) is 0 Å². The van der Waals surface area contributed by atoms with E-state index in [2.05, 4.69) is 9.46 Å². The van der Waals surface area contributed by atoms with Gasteiger partial charge in [-0.25, -0.2) is 17.9 Å². The number of carbonyl (C=O) groups is 1. The summed E-state index contributed by atoms with van der Waals surface area (Å²) in [6.45, 7) is 4.22. The summed E-state index contributed by atoms with van der Waals surface area (Å²) >= 11 is 0. The van der Waals surface area contributed by atoms with Crippen molar-refractivity contribution in [2.24, 2.45) is 5.92 Å². The van der Waals surface area contributed by atoms with Crippen molar-refractivity contribution in [3.63, 3.8) is 0 Å². The van der Waals surface area contributed by atoms with E-state index in [1.54, 1.807) is 0 Å². The number of ether oxygens (including phenoxy) is 1. The number of methoxy groups -OCH3 is 1. The fourth-order valence-corrected chi connectivity index (χ4v) is 2.46. The lowest BCUT2D eigenvalue weighted by atomic mass is 10.2. The van der Waals surface area contributed by atoms with Crippen molar-refractivity contribution in [2.45, 2.75) is 18.7 Å². The molecule has 5 nitrogen and oxygen atoms in total. The van der Waals surface area contributed by atoms with Crippen LogP contribution in [0.2, 0.25) is 0 Å². The van der Waals surface area contributed by atoms with Gasteiger partial charge in [0.25, 0.3) is 0 Å². The summed E-state index contributed by atoms with van der Waals surface area (Å²) in [6, 6.07) is 5.62. The third kappa shape index (κ3) is 3.82. The van der Waals surface area contributed by atoms with Crippen LogP contribution < -0.4 is 4.72 Å². The zero-order valence-corrected chi connectivity index (χ0v) is 11.5. The molecule has 0 heterocycles. The summed E-state index contributed by atoms with van der Waals surface area (Å²) in [4.78, 5) is 11.3. The second-order valence-corrected chi connectivity index (χ2v) is 6.03. The minimum absolute atomic E-state index is 0.135. The molecule has 0 aliphatic carbocycles. The van der Waals surface area contributed by atoms with Crippen LogP contribution in [0.3, 0.4) is 0 Å². The molecule has 0 aliphatic heterocycles. The highest BCUT2D eigenvalue weighted by Gasteiger charge is 2.15. The highest BCUT2D eigenvalue weighted by atomic mass is 32.2. The lowest BCUT2D eigenvalue weighted by molar-refractivity contribution is 0.0600. The maximum Gasteiger partial charge on any atom is 0.337 e. The van der Waals surface area contributed by atoms with Gasteiger partial charge in [-0.1, -0.05) is 13.8 Å². The largest absolute Gasteiger partial charge is 0.465 e. The summed E-state index contributed by atoms with van der Waals surface area (Å²) in [5, 5.41) is 0.